The fourth-order valence-electron chi connectivity index (χ4n) is 1.28. The molecule has 86 valence electrons. The molecule has 0 bridgehead atoms. The number of ether oxygens (including phenoxy) is 1. The molecule has 0 saturated carbocycles. The van der Waals surface area contributed by atoms with Crippen molar-refractivity contribution in [3.63, 3.8) is 0 Å². The predicted octanol–water partition coefficient (Wildman–Crippen LogP) is 3.27. The van der Waals surface area contributed by atoms with E-state index in [1.54, 1.807) is 18.2 Å². The van der Waals surface area contributed by atoms with Crippen molar-refractivity contribution in [1.29, 1.82) is 0 Å². The molecule has 0 unspecified atom stereocenters. The van der Waals surface area contributed by atoms with Crippen LogP contribution in [0, 0.1) is 0 Å². The van der Waals surface area contributed by atoms with Gasteiger partial charge in [-0.3, -0.25) is 9.59 Å². The average molecular weight is 285 g/mol. The molecule has 1 atom stereocenters. The van der Waals surface area contributed by atoms with E-state index in [-0.39, 0.29) is 10.6 Å². The van der Waals surface area contributed by atoms with Gasteiger partial charge < -0.3 is 4.74 Å². The fraction of sp³-hybridized carbons (Fsp3) is 0.333. The number of hydrogen-bond donors (Lipinski definition) is 0. The van der Waals surface area contributed by atoms with Crippen LogP contribution in [0.2, 0.25) is 0 Å². The van der Waals surface area contributed by atoms with Gasteiger partial charge in [0.05, 0.1) is 0 Å². The monoisotopic (exact) mass is 284 g/mol. The summed E-state index contributed by atoms with van der Waals surface area (Å²) in [6.45, 7) is 4.75. The van der Waals surface area contributed by atoms with E-state index in [1.165, 1.54) is 13.8 Å². The molecule has 0 heterocycles. The van der Waals surface area contributed by atoms with E-state index >= 15 is 0 Å². The molecule has 3 nitrogen and oxygen atoms in total. The van der Waals surface area contributed by atoms with Crippen molar-refractivity contribution in [3.05, 3.63) is 29.3 Å². The molecule has 0 aromatic heterocycles. The summed E-state index contributed by atoms with van der Waals surface area (Å²) >= 11 is 3.41. The number of carbonyl (C=O) groups excluding carboxylic acids is 2. The van der Waals surface area contributed by atoms with Crippen molar-refractivity contribution >= 4 is 27.7 Å². The molecular weight excluding hydrogens is 272 g/mol. The second-order valence-corrected chi connectivity index (χ2v) is 4.93. The third-order valence-electron chi connectivity index (χ3n) is 2.06. The van der Waals surface area contributed by atoms with E-state index in [0.717, 1.165) is 5.56 Å². The van der Waals surface area contributed by atoms with Crippen LogP contribution in [-0.2, 0) is 4.79 Å². The van der Waals surface area contributed by atoms with Gasteiger partial charge in [0.25, 0.3) is 0 Å². The zero-order valence-corrected chi connectivity index (χ0v) is 11.0. The molecule has 0 fully saturated rings. The Morgan fingerprint density at radius 3 is 2.31 bits per heavy atom. The third-order valence-corrected chi connectivity index (χ3v) is 2.58. The standard InChI is InChI=1S/C12H13BrO3/c1-7(13)10-4-11(8(2)14)6-12(5-10)16-9(3)15/h4-7H,1-3H3/t7-/m0/s1. The lowest BCUT2D eigenvalue weighted by Gasteiger charge is -2.09. The third kappa shape index (κ3) is 3.45. The first kappa shape index (κ1) is 12.9. The van der Waals surface area contributed by atoms with Crippen LogP contribution in [0.3, 0.4) is 0 Å². The molecule has 4 heteroatoms. The minimum atomic E-state index is -0.395. The largest absolute Gasteiger partial charge is 0.427 e. The molecule has 0 spiro atoms. The Hall–Kier alpha value is -1.16. The number of esters is 1. The first-order valence-corrected chi connectivity index (χ1v) is 5.80. The summed E-state index contributed by atoms with van der Waals surface area (Å²) in [6, 6.07) is 5.10. The lowest BCUT2D eigenvalue weighted by atomic mass is 10.1. The van der Waals surface area contributed by atoms with E-state index in [9.17, 15) is 9.59 Å². The van der Waals surface area contributed by atoms with Crippen LogP contribution in [0.1, 0.15) is 41.5 Å². The Labute approximate surface area is 103 Å². The highest BCUT2D eigenvalue weighted by atomic mass is 79.9. The minimum Gasteiger partial charge on any atom is -0.427 e. The van der Waals surface area contributed by atoms with Crippen LogP contribution in [0.5, 0.6) is 5.75 Å². The van der Waals surface area contributed by atoms with Crippen LogP contribution in [0.4, 0.5) is 0 Å². The van der Waals surface area contributed by atoms with Gasteiger partial charge >= 0.3 is 5.97 Å². The topological polar surface area (TPSA) is 43.4 Å². The maximum atomic E-state index is 11.3. The molecule has 1 aromatic rings. The summed E-state index contributed by atoms with van der Waals surface area (Å²) in [4.78, 5) is 22.3. The summed E-state index contributed by atoms with van der Waals surface area (Å²) < 4.78 is 4.98. The summed E-state index contributed by atoms with van der Waals surface area (Å²) in [7, 11) is 0. The molecule has 0 N–H and O–H groups in total. The molecule has 0 aliphatic heterocycles. The van der Waals surface area contributed by atoms with Crippen LogP contribution < -0.4 is 4.74 Å². The highest BCUT2D eigenvalue weighted by Crippen LogP contribution is 2.27. The molecule has 0 aliphatic rings. The predicted molar refractivity (Wildman–Crippen MR) is 65.1 cm³/mol. The van der Waals surface area contributed by atoms with Gasteiger partial charge in [-0.1, -0.05) is 15.9 Å². The first-order chi connectivity index (χ1) is 7.40. The summed E-state index contributed by atoms with van der Waals surface area (Å²) in [5.74, 6) is -0.0428. The summed E-state index contributed by atoms with van der Waals surface area (Å²) in [5.41, 5.74) is 1.45. The van der Waals surface area contributed by atoms with Crippen LogP contribution in [0.25, 0.3) is 0 Å². The van der Waals surface area contributed by atoms with Crippen molar-refractivity contribution in [1.82, 2.24) is 0 Å². The summed E-state index contributed by atoms with van der Waals surface area (Å²) in [5, 5.41) is 0. The molecule has 0 amide bonds. The average Bonchev–Trinajstić information content (AvgIpc) is 2.15. The van der Waals surface area contributed by atoms with E-state index in [4.69, 9.17) is 4.74 Å². The van der Waals surface area contributed by atoms with Crippen molar-refractivity contribution in [2.45, 2.75) is 25.6 Å². The maximum absolute atomic E-state index is 11.3. The number of hydrogen-bond acceptors (Lipinski definition) is 3. The van der Waals surface area contributed by atoms with Crippen molar-refractivity contribution in [2.24, 2.45) is 0 Å². The lowest BCUT2D eigenvalue weighted by Crippen LogP contribution is -2.04. The van der Waals surface area contributed by atoms with Gasteiger partial charge in [0.2, 0.25) is 0 Å². The molecule has 16 heavy (non-hydrogen) atoms. The second kappa shape index (κ2) is 5.25. The Morgan fingerprint density at radius 1 is 1.25 bits per heavy atom. The van der Waals surface area contributed by atoms with Crippen molar-refractivity contribution in [2.75, 3.05) is 0 Å². The van der Waals surface area contributed by atoms with Gasteiger partial charge in [0.1, 0.15) is 5.75 Å². The number of benzene rings is 1. The number of Topliss-reactive ketones (excluding diaryl/α,β-unsaturated/α-hetero) is 1. The van der Waals surface area contributed by atoms with Gasteiger partial charge in [-0.15, -0.1) is 0 Å². The highest BCUT2D eigenvalue weighted by molar-refractivity contribution is 9.09. The fourth-order valence-corrected chi connectivity index (χ4v) is 1.54. The van der Waals surface area contributed by atoms with Crippen LogP contribution in [-0.4, -0.2) is 11.8 Å². The van der Waals surface area contributed by atoms with Gasteiger partial charge in [-0.25, -0.2) is 0 Å². The molecule has 0 aliphatic carbocycles. The molecule has 0 saturated heterocycles. The normalized spacial score (nSPS) is 12.0. The maximum Gasteiger partial charge on any atom is 0.308 e. The van der Waals surface area contributed by atoms with Gasteiger partial charge in [-0.2, -0.15) is 0 Å². The quantitative estimate of drug-likeness (QED) is 0.370. The first-order valence-electron chi connectivity index (χ1n) is 4.88. The molecule has 0 radical (unpaired) electrons. The van der Waals surface area contributed by atoms with E-state index < -0.39 is 5.97 Å². The van der Waals surface area contributed by atoms with E-state index in [0.29, 0.717) is 11.3 Å². The number of alkyl halides is 1. The molecule has 1 aromatic carbocycles. The van der Waals surface area contributed by atoms with E-state index in [1.807, 2.05) is 6.92 Å². The number of halogens is 1. The van der Waals surface area contributed by atoms with Gasteiger partial charge in [-0.05, 0) is 37.6 Å². The Kier molecular flexibility index (Phi) is 4.24. The molecule has 1 rings (SSSR count). The second-order valence-electron chi connectivity index (χ2n) is 3.56. The van der Waals surface area contributed by atoms with E-state index in [2.05, 4.69) is 15.9 Å². The number of carbonyl (C=O) groups is 2. The van der Waals surface area contributed by atoms with Crippen LogP contribution >= 0.6 is 15.9 Å². The van der Waals surface area contributed by atoms with Crippen molar-refractivity contribution < 1.29 is 14.3 Å². The lowest BCUT2D eigenvalue weighted by molar-refractivity contribution is -0.131. The number of ketones is 1. The Bertz CT molecular complexity index is 424. The van der Waals surface area contributed by atoms with Crippen LogP contribution in [0.15, 0.2) is 18.2 Å². The minimum absolute atomic E-state index is 0.0524. The smallest absolute Gasteiger partial charge is 0.308 e. The van der Waals surface area contributed by atoms with Gasteiger partial charge in [0.15, 0.2) is 5.78 Å². The highest BCUT2D eigenvalue weighted by Gasteiger charge is 2.10. The zero-order chi connectivity index (χ0) is 12.3. The Morgan fingerprint density at radius 2 is 1.88 bits per heavy atom. The zero-order valence-electron chi connectivity index (χ0n) is 9.41. The molecular formula is C12H13BrO3. The SMILES string of the molecule is CC(=O)Oc1cc(C(C)=O)cc([C@H](C)Br)c1. The number of rotatable bonds is 3. The van der Waals surface area contributed by atoms with Crippen molar-refractivity contribution in [3.8, 4) is 5.75 Å². The Balaban J connectivity index is 3.18. The van der Waals surface area contributed by atoms with Gasteiger partial charge in [0, 0.05) is 17.3 Å². The summed E-state index contributed by atoms with van der Waals surface area (Å²) in [6.07, 6.45) is 0.